The summed E-state index contributed by atoms with van der Waals surface area (Å²) < 4.78 is 16.0. The summed E-state index contributed by atoms with van der Waals surface area (Å²) in [6.07, 6.45) is 0. The number of hydrogen-bond acceptors (Lipinski definition) is 4. The molecule has 138 valence electrons. The third-order valence-corrected chi connectivity index (χ3v) is 4.19. The number of anilines is 1. The number of halogens is 1. The Hall–Kier alpha value is -3.55. The third-order valence-electron chi connectivity index (χ3n) is 4.19. The van der Waals surface area contributed by atoms with Gasteiger partial charge in [-0.3, -0.25) is 14.9 Å². The van der Waals surface area contributed by atoms with E-state index in [-0.39, 0.29) is 28.2 Å². The number of nitro groups is 1. The lowest BCUT2D eigenvalue weighted by atomic mass is 10.1. The summed E-state index contributed by atoms with van der Waals surface area (Å²) in [5, 5.41) is 17.8. The fourth-order valence-electron chi connectivity index (χ4n) is 2.89. The second-order valence-electron chi connectivity index (χ2n) is 6.17. The van der Waals surface area contributed by atoms with E-state index in [0.717, 1.165) is 11.4 Å². The standard InChI is InChI=1S/C19H17FN4O3/c1-11-9-12(2)23(22-11)18-8-7-14(10-16(18)20)21-19(25)15-5-4-6-17(13(15)3)24(26)27/h4-10H,1-3H3,(H,21,25). The molecule has 3 rings (SSSR count). The van der Waals surface area contributed by atoms with Gasteiger partial charge in [-0.15, -0.1) is 0 Å². The normalized spacial score (nSPS) is 10.7. The first kappa shape index (κ1) is 18.2. The molecule has 0 bridgehead atoms. The number of aromatic nitrogens is 2. The first-order valence-electron chi connectivity index (χ1n) is 8.16. The Balaban J connectivity index is 1.88. The molecule has 0 saturated heterocycles. The van der Waals surface area contributed by atoms with Crippen molar-refractivity contribution in [2.75, 3.05) is 5.32 Å². The van der Waals surface area contributed by atoms with Crippen LogP contribution < -0.4 is 5.32 Å². The van der Waals surface area contributed by atoms with Crippen LogP contribution in [-0.2, 0) is 0 Å². The smallest absolute Gasteiger partial charge is 0.273 e. The molecule has 0 aliphatic heterocycles. The monoisotopic (exact) mass is 368 g/mol. The number of nitrogens with zero attached hydrogens (tertiary/aromatic N) is 3. The van der Waals surface area contributed by atoms with E-state index in [1.165, 1.54) is 41.9 Å². The van der Waals surface area contributed by atoms with Gasteiger partial charge in [0.05, 0.1) is 10.6 Å². The molecule has 27 heavy (non-hydrogen) atoms. The van der Waals surface area contributed by atoms with E-state index in [2.05, 4.69) is 10.4 Å². The van der Waals surface area contributed by atoms with E-state index in [4.69, 9.17) is 0 Å². The van der Waals surface area contributed by atoms with E-state index in [1.54, 1.807) is 6.07 Å². The zero-order chi connectivity index (χ0) is 19.7. The van der Waals surface area contributed by atoms with E-state index in [9.17, 15) is 19.3 Å². The van der Waals surface area contributed by atoms with Gasteiger partial charge in [-0.25, -0.2) is 9.07 Å². The van der Waals surface area contributed by atoms with Crippen LogP contribution in [-0.4, -0.2) is 20.6 Å². The van der Waals surface area contributed by atoms with Crippen molar-refractivity contribution in [2.45, 2.75) is 20.8 Å². The van der Waals surface area contributed by atoms with Crippen molar-refractivity contribution >= 4 is 17.3 Å². The van der Waals surface area contributed by atoms with Gasteiger partial charge < -0.3 is 5.32 Å². The molecule has 1 aromatic heterocycles. The van der Waals surface area contributed by atoms with Crippen LogP contribution in [0.2, 0.25) is 0 Å². The maximum atomic E-state index is 14.5. The third kappa shape index (κ3) is 3.55. The van der Waals surface area contributed by atoms with Gasteiger partial charge in [0, 0.05) is 28.6 Å². The summed E-state index contributed by atoms with van der Waals surface area (Å²) in [6.45, 7) is 5.14. The first-order valence-corrected chi connectivity index (χ1v) is 8.16. The maximum Gasteiger partial charge on any atom is 0.273 e. The predicted octanol–water partition coefficient (Wildman–Crippen LogP) is 4.10. The predicted molar refractivity (Wildman–Crippen MR) is 98.8 cm³/mol. The number of aryl methyl sites for hydroxylation is 2. The maximum absolute atomic E-state index is 14.5. The van der Waals surface area contributed by atoms with Crippen molar-refractivity contribution in [3.05, 3.63) is 80.9 Å². The summed E-state index contributed by atoms with van der Waals surface area (Å²) in [7, 11) is 0. The van der Waals surface area contributed by atoms with E-state index >= 15 is 0 Å². The molecule has 0 fully saturated rings. The molecule has 7 nitrogen and oxygen atoms in total. The molecule has 8 heteroatoms. The van der Waals surface area contributed by atoms with Gasteiger partial charge in [0.2, 0.25) is 0 Å². The highest BCUT2D eigenvalue weighted by Gasteiger charge is 2.18. The van der Waals surface area contributed by atoms with E-state index in [0.29, 0.717) is 0 Å². The van der Waals surface area contributed by atoms with Crippen molar-refractivity contribution in [1.29, 1.82) is 0 Å². The minimum atomic E-state index is -0.547. The zero-order valence-corrected chi connectivity index (χ0v) is 15.0. The van der Waals surface area contributed by atoms with Crippen LogP contribution in [0.4, 0.5) is 15.8 Å². The molecule has 0 atom stereocenters. The Bertz CT molecular complexity index is 1060. The highest BCUT2D eigenvalue weighted by molar-refractivity contribution is 6.05. The van der Waals surface area contributed by atoms with Crippen LogP contribution in [0.1, 0.15) is 27.3 Å². The lowest BCUT2D eigenvalue weighted by Gasteiger charge is -2.10. The first-order chi connectivity index (χ1) is 12.8. The zero-order valence-electron chi connectivity index (χ0n) is 15.0. The van der Waals surface area contributed by atoms with Crippen molar-refractivity contribution in [3.63, 3.8) is 0 Å². The van der Waals surface area contributed by atoms with Crippen LogP contribution >= 0.6 is 0 Å². The van der Waals surface area contributed by atoms with Crippen LogP contribution in [0, 0.1) is 36.7 Å². The second kappa shape index (κ2) is 6.99. The van der Waals surface area contributed by atoms with Crippen molar-refractivity contribution in [3.8, 4) is 5.69 Å². The molecule has 0 spiro atoms. The SMILES string of the molecule is Cc1cc(C)n(-c2ccc(NC(=O)c3cccc([N+](=O)[O-])c3C)cc2F)n1. The number of nitrogens with one attached hydrogen (secondary N) is 1. The molecule has 1 N–H and O–H groups in total. The molecular formula is C19H17FN4O3. The summed E-state index contributed by atoms with van der Waals surface area (Å²) >= 11 is 0. The molecule has 0 saturated carbocycles. The average molecular weight is 368 g/mol. The van der Waals surface area contributed by atoms with E-state index in [1.807, 2.05) is 19.9 Å². The fraction of sp³-hybridized carbons (Fsp3) is 0.158. The van der Waals surface area contributed by atoms with Crippen LogP contribution in [0.5, 0.6) is 0 Å². The summed E-state index contributed by atoms with van der Waals surface area (Å²) in [5.41, 5.74) is 2.33. The Kier molecular flexibility index (Phi) is 4.72. The fourth-order valence-corrected chi connectivity index (χ4v) is 2.89. The number of carbonyl (C=O) groups excluding carboxylic acids is 1. The van der Waals surface area contributed by atoms with Gasteiger partial charge in [0.25, 0.3) is 11.6 Å². The summed E-state index contributed by atoms with van der Waals surface area (Å²) in [4.78, 5) is 22.9. The molecule has 1 amide bonds. The number of rotatable bonds is 4. The lowest BCUT2D eigenvalue weighted by molar-refractivity contribution is -0.385. The molecule has 0 aliphatic carbocycles. The van der Waals surface area contributed by atoms with Crippen LogP contribution in [0.3, 0.4) is 0 Å². The summed E-state index contributed by atoms with van der Waals surface area (Å²) in [6, 6.07) is 10.3. The highest BCUT2D eigenvalue weighted by Crippen LogP contribution is 2.24. The van der Waals surface area contributed by atoms with E-state index < -0.39 is 16.6 Å². The Morgan fingerprint density at radius 2 is 1.93 bits per heavy atom. The largest absolute Gasteiger partial charge is 0.322 e. The molecule has 2 aromatic carbocycles. The molecule has 0 aliphatic rings. The molecule has 3 aromatic rings. The number of nitro benzene ring substituents is 1. The molecular weight excluding hydrogens is 351 g/mol. The number of benzene rings is 2. The Labute approximate surface area is 154 Å². The van der Waals surface area contributed by atoms with Gasteiger partial charge in [-0.05, 0) is 51.1 Å². The van der Waals surface area contributed by atoms with Crippen molar-refractivity contribution in [1.82, 2.24) is 9.78 Å². The average Bonchev–Trinajstić information content (AvgIpc) is 2.93. The molecule has 1 heterocycles. The minimum Gasteiger partial charge on any atom is -0.322 e. The number of hydrogen-bond donors (Lipinski definition) is 1. The van der Waals surface area contributed by atoms with Gasteiger partial charge in [-0.1, -0.05) is 6.07 Å². The topological polar surface area (TPSA) is 90.1 Å². The lowest BCUT2D eigenvalue weighted by Crippen LogP contribution is -2.14. The van der Waals surface area contributed by atoms with Crippen molar-refractivity contribution < 1.29 is 14.1 Å². The quantitative estimate of drug-likeness (QED) is 0.554. The molecule has 0 unspecified atom stereocenters. The molecule has 0 radical (unpaired) electrons. The minimum absolute atomic E-state index is 0.145. The highest BCUT2D eigenvalue weighted by atomic mass is 19.1. The van der Waals surface area contributed by atoms with Gasteiger partial charge >= 0.3 is 0 Å². The number of carbonyl (C=O) groups is 1. The Morgan fingerprint density at radius 3 is 2.52 bits per heavy atom. The van der Waals surface area contributed by atoms with Crippen LogP contribution in [0.15, 0.2) is 42.5 Å². The van der Waals surface area contributed by atoms with Crippen LogP contribution in [0.25, 0.3) is 5.69 Å². The van der Waals surface area contributed by atoms with Crippen molar-refractivity contribution in [2.24, 2.45) is 0 Å². The van der Waals surface area contributed by atoms with Gasteiger partial charge in [0.15, 0.2) is 5.82 Å². The van der Waals surface area contributed by atoms with Gasteiger partial charge in [-0.2, -0.15) is 5.10 Å². The van der Waals surface area contributed by atoms with Gasteiger partial charge in [0.1, 0.15) is 5.69 Å². The Morgan fingerprint density at radius 1 is 1.19 bits per heavy atom. The second-order valence-corrected chi connectivity index (χ2v) is 6.17. The number of amides is 1. The summed E-state index contributed by atoms with van der Waals surface area (Å²) in [5.74, 6) is -1.09.